The van der Waals surface area contributed by atoms with E-state index in [1.807, 2.05) is 11.5 Å². The topological polar surface area (TPSA) is 151 Å². The summed E-state index contributed by atoms with van der Waals surface area (Å²) < 4.78 is 12.1. The Morgan fingerprint density at radius 2 is 2.20 bits per heavy atom. The fourth-order valence-corrected chi connectivity index (χ4v) is 2.40. The minimum absolute atomic E-state index is 0.139. The molecule has 10 heteroatoms. The normalized spacial score (nSPS) is 10.7. The maximum absolute atomic E-state index is 8.98. The molecule has 0 bridgehead atoms. The number of hydrogen-bond acceptors (Lipinski definition) is 9. The molecule has 0 fully saturated rings. The molecular weight excluding hydrogens is 326 g/mol. The smallest absolute Gasteiger partial charge is 0.216 e. The van der Waals surface area contributed by atoms with Gasteiger partial charge in [-0.3, -0.25) is 0 Å². The Morgan fingerprint density at radius 3 is 2.84 bits per heavy atom. The van der Waals surface area contributed by atoms with Crippen LogP contribution in [0.15, 0.2) is 10.7 Å². The standard InChI is InChI=1S/C15H17N7O3/c1-2-22-10-8-11(24-7-5-16)18-9(4-3-6-23)12(10)19-15(22)13-14(17)21-25-20-13/h8,23H,2,5-7,16H2,1H3,(H2,17,21). The van der Waals surface area contributed by atoms with Crippen molar-refractivity contribution in [1.29, 1.82) is 0 Å². The molecule has 10 nitrogen and oxygen atoms in total. The highest BCUT2D eigenvalue weighted by Gasteiger charge is 2.21. The minimum Gasteiger partial charge on any atom is -0.476 e. The number of ether oxygens (including phenoxy) is 1. The van der Waals surface area contributed by atoms with Crippen molar-refractivity contribution in [1.82, 2.24) is 24.8 Å². The molecule has 0 aliphatic carbocycles. The second kappa shape index (κ2) is 7.16. The summed E-state index contributed by atoms with van der Waals surface area (Å²) in [6.07, 6.45) is 0. The third-order valence-electron chi connectivity index (χ3n) is 3.41. The molecule has 0 atom stereocenters. The van der Waals surface area contributed by atoms with E-state index in [1.165, 1.54) is 0 Å². The van der Waals surface area contributed by atoms with Gasteiger partial charge in [0.15, 0.2) is 17.3 Å². The third kappa shape index (κ3) is 3.10. The molecule has 3 aromatic rings. The Bertz CT molecular complexity index is 951. The molecule has 0 saturated carbocycles. The number of aryl methyl sites for hydroxylation is 1. The number of rotatable bonds is 5. The van der Waals surface area contributed by atoms with Crippen LogP contribution in [0.25, 0.3) is 22.6 Å². The van der Waals surface area contributed by atoms with Crippen LogP contribution in [-0.2, 0) is 6.54 Å². The zero-order valence-corrected chi connectivity index (χ0v) is 13.6. The number of fused-ring (bicyclic) bond motifs is 1. The van der Waals surface area contributed by atoms with Crippen LogP contribution in [0, 0.1) is 11.8 Å². The summed E-state index contributed by atoms with van der Waals surface area (Å²) in [6, 6.07) is 1.75. The lowest BCUT2D eigenvalue weighted by molar-refractivity contribution is 0.310. The molecule has 0 saturated heterocycles. The third-order valence-corrected chi connectivity index (χ3v) is 3.41. The number of aliphatic hydroxyl groups is 1. The molecule has 0 aliphatic rings. The Labute approximate surface area is 142 Å². The van der Waals surface area contributed by atoms with Crippen molar-refractivity contribution in [2.75, 3.05) is 25.5 Å². The van der Waals surface area contributed by atoms with Crippen LogP contribution in [-0.4, -0.2) is 49.7 Å². The Kier molecular flexibility index (Phi) is 4.78. The van der Waals surface area contributed by atoms with Crippen LogP contribution in [0.1, 0.15) is 12.6 Å². The number of nitrogen functional groups attached to an aromatic ring is 1. The Hall–Kier alpha value is -3.16. The zero-order valence-electron chi connectivity index (χ0n) is 13.6. The van der Waals surface area contributed by atoms with E-state index in [4.69, 9.17) is 21.3 Å². The molecular formula is C15H17N7O3. The molecule has 0 unspecified atom stereocenters. The monoisotopic (exact) mass is 343 g/mol. The average molecular weight is 343 g/mol. The van der Waals surface area contributed by atoms with E-state index in [0.29, 0.717) is 48.3 Å². The van der Waals surface area contributed by atoms with E-state index in [-0.39, 0.29) is 12.4 Å². The maximum atomic E-state index is 8.98. The number of aromatic nitrogens is 5. The molecule has 3 heterocycles. The lowest BCUT2D eigenvalue weighted by Crippen LogP contribution is -2.11. The van der Waals surface area contributed by atoms with Gasteiger partial charge in [-0.05, 0) is 23.2 Å². The van der Waals surface area contributed by atoms with Gasteiger partial charge in [-0.25, -0.2) is 14.6 Å². The molecule has 0 amide bonds. The number of nitrogens with two attached hydrogens (primary N) is 2. The molecule has 3 aromatic heterocycles. The lowest BCUT2D eigenvalue weighted by atomic mass is 10.3. The summed E-state index contributed by atoms with van der Waals surface area (Å²) in [5.41, 5.74) is 13.3. The van der Waals surface area contributed by atoms with Gasteiger partial charge in [0.1, 0.15) is 24.4 Å². The van der Waals surface area contributed by atoms with E-state index in [1.54, 1.807) is 6.07 Å². The highest BCUT2D eigenvalue weighted by molar-refractivity contribution is 5.86. The molecule has 3 rings (SSSR count). The summed E-state index contributed by atoms with van der Waals surface area (Å²) >= 11 is 0. The SMILES string of the molecule is CCn1c(-c2nonc2N)nc2c(C#CCO)nc(OCCN)cc21. The van der Waals surface area contributed by atoms with Crippen LogP contribution < -0.4 is 16.2 Å². The average Bonchev–Trinajstić information content (AvgIpc) is 3.20. The molecule has 5 N–H and O–H groups in total. The van der Waals surface area contributed by atoms with Crippen molar-refractivity contribution in [2.24, 2.45) is 5.73 Å². The van der Waals surface area contributed by atoms with Crippen molar-refractivity contribution in [2.45, 2.75) is 13.5 Å². The number of aliphatic hydroxyl groups excluding tert-OH is 1. The number of anilines is 1. The summed E-state index contributed by atoms with van der Waals surface area (Å²) in [7, 11) is 0. The number of pyridine rings is 1. The fourth-order valence-electron chi connectivity index (χ4n) is 2.40. The first-order chi connectivity index (χ1) is 12.2. The summed E-state index contributed by atoms with van der Waals surface area (Å²) in [5, 5.41) is 16.4. The van der Waals surface area contributed by atoms with E-state index < -0.39 is 0 Å². The Balaban J connectivity index is 2.25. The van der Waals surface area contributed by atoms with Crippen molar-refractivity contribution >= 4 is 16.9 Å². The number of nitrogens with zero attached hydrogens (tertiary/aromatic N) is 5. The van der Waals surface area contributed by atoms with Crippen LogP contribution in [0.2, 0.25) is 0 Å². The zero-order chi connectivity index (χ0) is 17.8. The molecule has 0 spiro atoms. The first-order valence-corrected chi connectivity index (χ1v) is 7.61. The van der Waals surface area contributed by atoms with Gasteiger partial charge in [0.05, 0.1) is 5.52 Å². The second-order valence-corrected chi connectivity index (χ2v) is 4.95. The minimum atomic E-state index is -0.293. The van der Waals surface area contributed by atoms with Crippen LogP contribution in [0.3, 0.4) is 0 Å². The highest BCUT2D eigenvalue weighted by atomic mass is 16.6. The first kappa shape index (κ1) is 16.7. The molecule has 25 heavy (non-hydrogen) atoms. The first-order valence-electron chi connectivity index (χ1n) is 7.61. The fraction of sp³-hybridized carbons (Fsp3) is 0.333. The summed E-state index contributed by atoms with van der Waals surface area (Å²) in [4.78, 5) is 8.89. The van der Waals surface area contributed by atoms with Crippen LogP contribution in [0.5, 0.6) is 5.88 Å². The lowest BCUT2D eigenvalue weighted by Gasteiger charge is -2.07. The number of hydrogen-bond donors (Lipinski definition) is 3. The largest absolute Gasteiger partial charge is 0.476 e. The summed E-state index contributed by atoms with van der Waals surface area (Å²) in [6.45, 7) is 2.92. The molecule has 0 aromatic carbocycles. The van der Waals surface area contributed by atoms with Gasteiger partial charge in [0.2, 0.25) is 5.88 Å². The van der Waals surface area contributed by atoms with Gasteiger partial charge in [-0.1, -0.05) is 5.92 Å². The van der Waals surface area contributed by atoms with E-state index in [2.05, 4.69) is 36.8 Å². The van der Waals surface area contributed by atoms with Gasteiger partial charge < -0.3 is 25.9 Å². The van der Waals surface area contributed by atoms with Crippen molar-refractivity contribution < 1.29 is 14.5 Å². The van der Waals surface area contributed by atoms with Gasteiger partial charge in [-0.15, -0.1) is 0 Å². The predicted octanol–water partition coefficient (Wildman–Crippen LogP) is -0.235. The highest BCUT2D eigenvalue weighted by Crippen LogP contribution is 2.29. The van der Waals surface area contributed by atoms with Gasteiger partial charge in [-0.2, -0.15) is 0 Å². The van der Waals surface area contributed by atoms with E-state index in [0.717, 1.165) is 5.52 Å². The summed E-state index contributed by atoms with van der Waals surface area (Å²) in [5.74, 6) is 6.36. The van der Waals surface area contributed by atoms with E-state index >= 15 is 0 Å². The van der Waals surface area contributed by atoms with Crippen molar-refractivity contribution in [3.63, 3.8) is 0 Å². The van der Waals surface area contributed by atoms with Crippen molar-refractivity contribution in [3.8, 4) is 29.2 Å². The van der Waals surface area contributed by atoms with Gasteiger partial charge in [0.25, 0.3) is 0 Å². The van der Waals surface area contributed by atoms with Crippen LogP contribution >= 0.6 is 0 Å². The molecule has 130 valence electrons. The second-order valence-electron chi connectivity index (χ2n) is 4.95. The Morgan fingerprint density at radius 1 is 1.36 bits per heavy atom. The predicted molar refractivity (Wildman–Crippen MR) is 89.4 cm³/mol. The quantitative estimate of drug-likeness (QED) is 0.533. The molecule has 0 aliphatic heterocycles. The maximum Gasteiger partial charge on any atom is 0.216 e. The van der Waals surface area contributed by atoms with E-state index in [9.17, 15) is 0 Å². The van der Waals surface area contributed by atoms with Crippen LogP contribution in [0.4, 0.5) is 5.82 Å². The van der Waals surface area contributed by atoms with Crippen molar-refractivity contribution in [3.05, 3.63) is 11.8 Å². The molecule has 0 radical (unpaired) electrons. The number of imidazole rings is 1. The van der Waals surface area contributed by atoms with Gasteiger partial charge in [0, 0.05) is 19.2 Å². The van der Waals surface area contributed by atoms with Gasteiger partial charge >= 0.3 is 0 Å².